The van der Waals surface area contributed by atoms with Crippen molar-refractivity contribution in [2.45, 2.75) is 32.2 Å². The molecule has 1 aliphatic rings. The summed E-state index contributed by atoms with van der Waals surface area (Å²) in [7, 11) is 1.62. The van der Waals surface area contributed by atoms with Gasteiger partial charge < -0.3 is 20.1 Å². The van der Waals surface area contributed by atoms with Crippen molar-refractivity contribution < 1.29 is 14.6 Å². The van der Waals surface area contributed by atoms with Crippen molar-refractivity contribution in [3.8, 4) is 11.5 Å². The maximum absolute atomic E-state index is 12.8. The quantitative estimate of drug-likeness (QED) is 0.851. The molecule has 5 nitrogen and oxygen atoms in total. The number of hydrogen-bond acceptors (Lipinski definition) is 4. The highest BCUT2D eigenvalue weighted by atomic mass is 16.5. The number of phenols is 1. The second-order valence-electron chi connectivity index (χ2n) is 6.64. The number of nitrogens with one attached hydrogen (secondary N) is 1. The van der Waals surface area contributed by atoms with E-state index in [4.69, 9.17) is 4.74 Å². The van der Waals surface area contributed by atoms with Gasteiger partial charge in [0.1, 0.15) is 11.5 Å². The summed E-state index contributed by atoms with van der Waals surface area (Å²) in [4.78, 5) is 14.8. The first-order valence-corrected chi connectivity index (χ1v) is 9.16. The molecule has 1 amide bonds. The molecule has 0 unspecified atom stereocenters. The smallest absolute Gasteiger partial charge is 0.253 e. The minimum absolute atomic E-state index is 0.0787. The molecule has 26 heavy (non-hydrogen) atoms. The first kappa shape index (κ1) is 18.1. The number of anilines is 1. The van der Waals surface area contributed by atoms with Crippen LogP contribution >= 0.6 is 0 Å². The summed E-state index contributed by atoms with van der Waals surface area (Å²) < 4.78 is 5.42. The Labute approximate surface area is 154 Å². The molecule has 0 atom stereocenters. The second kappa shape index (κ2) is 8.61. The molecule has 0 aromatic heterocycles. The Morgan fingerprint density at radius 2 is 1.88 bits per heavy atom. The van der Waals surface area contributed by atoms with Crippen LogP contribution in [-0.2, 0) is 6.54 Å². The lowest BCUT2D eigenvalue weighted by atomic mass is 10.1. The van der Waals surface area contributed by atoms with Crippen molar-refractivity contribution in [2.75, 3.05) is 25.5 Å². The number of hydrogen-bond donors (Lipinski definition) is 2. The Morgan fingerprint density at radius 1 is 1.12 bits per heavy atom. The molecule has 3 rings (SSSR count). The zero-order valence-electron chi connectivity index (χ0n) is 15.2. The molecule has 0 aliphatic carbocycles. The Balaban J connectivity index is 1.76. The molecular weight excluding hydrogens is 328 g/mol. The van der Waals surface area contributed by atoms with Crippen LogP contribution in [0.15, 0.2) is 42.5 Å². The van der Waals surface area contributed by atoms with Crippen molar-refractivity contribution in [3.05, 3.63) is 53.6 Å². The van der Waals surface area contributed by atoms with Crippen LogP contribution in [0.1, 0.15) is 41.6 Å². The van der Waals surface area contributed by atoms with Crippen LogP contribution in [0.4, 0.5) is 5.69 Å². The van der Waals surface area contributed by atoms with E-state index in [1.165, 1.54) is 12.8 Å². The molecule has 138 valence electrons. The van der Waals surface area contributed by atoms with Crippen molar-refractivity contribution >= 4 is 11.6 Å². The van der Waals surface area contributed by atoms with Crippen molar-refractivity contribution in [3.63, 3.8) is 0 Å². The molecule has 0 spiro atoms. The number of benzene rings is 2. The highest BCUT2D eigenvalue weighted by Crippen LogP contribution is 2.27. The first-order valence-electron chi connectivity index (χ1n) is 9.16. The summed E-state index contributed by atoms with van der Waals surface area (Å²) in [5.41, 5.74) is 2.40. The van der Waals surface area contributed by atoms with Crippen LogP contribution in [0.3, 0.4) is 0 Å². The fourth-order valence-corrected chi connectivity index (χ4v) is 3.30. The largest absolute Gasteiger partial charge is 0.508 e. The van der Waals surface area contributed by atoms with Gasteiger partial charge in [0.15, 0.2) is 0 Å². The number of carbonyl (C=O) groups excluding carboxylic acids is 1. The highest BCUT2D eigenvalue weighted by Gasteiger charge is 2.18. The predicted molar refractivity (Wildman–Crippen MR) is 103 cm³/mol. The van der Waals surface area contributed by atoms with Crippen molar-refractivity contribution in [2.24, 2.45) is 0 Å². The van der Waals surface area contributed by atoms with Crippen LogP contribution in [0.25, 0.3) is 0 Å². The maximum Gasteiger partial charge on any atom is 0.253 e. The molecule has 2 N–H and O–H groups in total. The standard InChI is InChI=1S/C21H26N2O3/c1-26-20-10-9-17(21(25)23-11-4-2-3-5-12-23)14-19(20)22-15-16-7-6-8-18(24)13-16/h6-10,13-14,22,24H,2-5,11-12,15H2,1H3. The second-order valence-corrected chi connectivity index (χ2v) is 6.64. The monoisotopic (exact) mass is 354 g/mol. The molecule has 0 radical (unpaired) electrons. The number of rotatable bonds is 5. The molecule has 0 bridgehead atoms. The number of methoxy groups -OCH3 is 1. The summed E-state index contributed by atoms with van der Waals surface area (Å²) >= 11 is 0. The molecule has 1 saturated heterocycles. The zero-order valence-corrected chi connectivity index (χ0v) is 15.2. The van der Waals surface area contributed by atoms with E-state index in [0.717, 1.165) is 37.2 Å². The van der Waals surface area contributed by atoms with E-state index in [1.807, 2.05) is 35.2 Å². The third-order valence-corrected chi connectivity index (χ3v) is 4.73. The van der Waals surface area contributed by atoms with E-state index in [9.17, 15) is 9.90 Å². The van der Waals surface area contributed by atoms with Crippen LogP contribution in [0, 0.1) is 0 Å². The minimum atomic E-state index is 0.0787. The molecular formula is C21H26N2O3. The lowest BCUT2D eigenvalue weighted by Gasteiger charge is -2.21. The normalized spacial score (nSPS) is 14.6. The van der Waals surface area contributed by atoms with Gasteiger partial charge in [-0.2, -0.15) is 0 Å². The molecule has 1 aliphatic heterocycles. The van der Waals surface area contributed by atoms with Gasteiger partial charge in [0, 0.05) is 25.2 Å². The third kappa shape index (κ3) is 4.48. The van der Waals surface area contributed by atoms with Crippen LogP contribution in [0.5, 0.6) is 11.5 Å². The van der Waals surface area contributed by atoms with Gasteiger partial charge in [-0.15, -0.1) is 0 Å². The maximum atomic E-state index is 12.8. The predicted octanol–water partition coefficient (Wildman–Crippen LogP) is 4.03. The average Bonchev–Trinajstić information content (AvgIpc) is 2.95. The average molecular weight is 354 g/mol. The molecule has 2 aromatic rings. The fraction of sp³-hybridized carbons (Fsp3) is 0.381. The topological polar surface area (TPSA) is 61.8 Å². The van der Waals surface area contributed by atoms with Crippen LogP contribution < -0.4 is 10.1 Å². The molecule has 2 aromatic carbocycles. The lowest BCUT2D eigenvalue weighted by Crippen LogP contribution is -2.31. The number of likely N-dealkylation sites (tertiary alicyclic amines) is 1. The summed E-state index contributed by atoms with van der Waals surface area (Å²) in [5.74, 6) is 1.01. The van der Waals surface area contributed by atoms with Gasteiger partial charge in [-0.1, -0.05) is 25.0 Å². The van der Waals surface area contributed by atoms with Gasteiger partial charge in [0.05, 0.1) is 12.8 Å². The van der Waals surface area contributed by atoms with E-state index in [2.05, 4.69) is 5.32 Å². The highest BCUT2D eigenvalue weighted by molar-refractivity contribution is 5.95. The number of aromatic hydroxyl groups is 1. The summed E-state index contributed by atoms with van der Waals surface area (Å²) in [6.07, 6.45) is 4.54. The summed E-state index contributed by atoms with van der Waals surface area (Å²) in [6.45, 7) is 2.19. The third-order valence-electron chi connectivity index (χ3n) is 4.73. The summed E-state index contributed by atoms with van der Waals surface area (Å²) in [6, 6.07) is 12.6. The Bertz CT molecular complexity index is 753. The lowest BCUT2D eigenvalue weighted by molar-refractivity contribution is 0.0761. The summed E-state index contributed by atoms with van der Waals surface area (Å²) in [5, 5.41) is 12.9. The first-order chi connectivity index (χ1) is 12.7. The van der Waals surface area contributed by atoms with Gasteiger partial charge in [-0.25, -0.2) is 0 Å². The molecule has 5 heteroatoms. The van der Waals surface area contributed by atoms with Crippen molar-refractivity contribution in [1.82, 2.24) is 4.90 Å². The van der Waals surface area contributed by atoms with E-state index in [1.54, 1.807) is 19.2 Å². The fourth-order valence-electron chi connectivity index (χ4n) is 3.30. The molecule has 0 saturated carbocycles. The van der Waals surface area contributed by atoms with Gasteiger partial charge in [0.25, 0.3) is 5.91 Å². The number of ether oxygens (including phenoxy) is 1. The van der Waals surface area contributed by atoms with Crippen LogP contribution in [0.2, 0.25) is 0 Å². The number of phenolic OH excluding ortho intramolecular Hbond substituents is 1. The number of carbonyl (C=O) groups is 1. The Hall–Kier alpha value is -2.69. The van der Waals surface area contributed by atoms with E-state index in [-0.39, 0.29) is 11.7 Å². The zero-order chi connectivity index (χ0) is 18.4. The van der Waals surface area contributed by atoms with Gasteiger partial charge >= 0.3 is 0 Å². The minimum Gasteiger partial charge on any atom is -0.508 e. The molecule has 1 heterocycles. The molecule has 1 fully saturated rings. The van der Waals surface area contributed by atoms with Gasteiger partial charge in [-0.3, -0.25) is 4.79 Å². The number of nitrogens with zero attached hydrogens (tertiary/aromatic N) is 1. The van der Waals surface area contributed by atoms with E-state index in [0.29, 0.717) is 17.9 Å². The van der Waals surface area contributed by atoms with Crippen molar-refractivity contribution in [1.29, 1.82) is 0 Å². The Morgan fingerprint density at radius 3 is 2.58 bits per heavy atom. The van der Waals surface area contributed by atoms with Crippen LogP contribution in [-0.4, -0.2) is 36.1 Å². The van der Waals surface area contributed by atoms with Gasteiger partial charge in [-0.05, 0) is 48.7 Å². The van der Waals surface area contributed by atoms with E-state index < -0.39 is 0 Å². The number of amides is 1. The van der Waals surface area contributed by atoms with E-state index >= 15 is 0 Å². The van der Waals surface area contributed by atoms with Gasteiger partial charge in [0.2, 0.25) is 0 Å². The Kier molecular flexibility index (Phi) is 6.00. The SMILES string of the molecule is COc1ccc(C(=O)N2CCCCCC2)cc1NCc1cccc(O)c1.